The van der Waals surface area contributed by atoms with Crippen molar-refractivity contribution in [2.45, 2.75) is 38.2 Å². The molecule has 196 valence electrons. The van der Waals surface area contributed by atoms with Gasteiger partial charge in [-0.15, -0.1) is 0 Å². The first kappa shape index (κ1) is 23.2. The minimum absolute atomic E-state index is 0.00935. The van der Waals surface area contributed by atoms with E-state index in [1.165, 1.54) is 12.1 Å². The lowest BCUT2D eigenvalue weighted by Crippen LogP contribution is -2.55. The zero-order valence-corrected chi connectivity index (χ0v) is 20.6. The van der Waals surface area contributed by atoms with Gasteiger partial charge in [-0.2, -0.15) is 0 Å². The first-order chi connectivity index (χ1) is 18.4. The number of carbonyl (C=O) groups excluding carboxylic acids is 3. The van der Waals surface area contributed by atoms with Gasteiger partial charge in [0.2, 0.25) is 0 Å². The SMILES string of the molecule is CC(=O)O[C@@H]1[C@@H]2C(=O)c3c(C)cc(O)c4c3C1(COC4=O)c1c2c2c(C)cc(=O)c3c(O)oc(O)c(c1=O)c23. The van der Waals surface area contributed by atoms with Crippen LogP contribution in [0.4, 0.5) is 0 Å². The van der Waals surface area contributed by atoms with E-state index in [-0.39, 0.29) is 44.0 Å². The van der Waals surface area contributed by atoms with E-state index >= 15 is 0 Å². The summed E-state index contributed by atoms with van der Waals surface area (Å²) in [4.78, 5) is 66.9. The van der Waals surface area contributed by atoms with Crippen molar-refractivity contribution in [1.82, 2.24) is 0 Å². The fourth-order valence-corrected chi connectivity index (χ4v) is 7.10. The van der Waals surface area contributed by atoms with Gasteiger partial charge in [0.05, 0.1) is 11.3 Å². The molecule has 0 saturated carbocycles. The predicted octanol–water partition coefficient (Wildman–Crippen LogP) is 2.16. The molecule has 3 N–H and O–H groups in total. The lowest BCUT2D eigenvalue weighted by molar-refractivity contribution is -0.150. The minimum Gasteiger partial charge on any atom is -0.507 e. The lowest BCUT2D eigenvalue weighted by Gasteiger charge is -2.44. The van der Waals surface area contributed by atoms with E-state index in [1.807, 2.05) is 0 Å². The zero-order valence-electron chi connectivity index (χ0n) is 20.6. The van der Waals surface area contributed by atoms with E-state index in [0.29, 0.717) is 11.1 Å². The van der Waals surface area contributed by atoms with Gasteiger partial charge >= 0.3 is 11.9 Å². The Morgan fingerprint density at radius 1 is 0.923 bits per heavy atom. The van der Waals surface area contributed by atoms with Crippen molar-refractivity contribution in [2.24, 2.45) is 0 Å². The maximum atomic E-state index is 14.4. The Labute approximate surface area is 217 Å². The molecule has 1 unspecified atom stereocenters. The number of aryl methyl sites for hydroxylation is 2. The highest BCUT2D eigenvalue weighted by Gasteiger charge is 2.67. The molecule has 1 spiro atoms. The summed E-state index contributed by atoms with van der Waals surface area (Å²) in [6.07, 6.45) is -1.36. The highest BCUT2D eigenvalue weighted by molar-refractivity contribution is 6.20. The van der Waals surface area contributed by atoms with Crippen LogP contribution in [0.15, 0.2) is 26.1 Å². The molecule has 0 fully saturated rings. The van der Waals surface area contributed by atoms with Crippen LogP contribution in [0.25, 0.3) is 21.5 Å². The van der Waals surface area contributed by atoms with Gasteiger partial charge in [-0.05, 0) is 53.6 Å². The summed E-state index contributed by atoms with van der Waals surface area (Å²) in [6.45, 7) is 3.77. The molecule has 0 radical (unpaired) electrons. The molecule has 11 heteroatoms. The molecule has 3 atom stereocenters. The van der Waals surface area contributed by atoms with Gasteiger partial charge in [0, 0.05) is 23.4 Å². The first-order valence-corrected chi connectivity index (χ1v) is 12.0. The summed E-state index contributed by atoms with van der Waals surface area (Å²) in [5.74, 6) is -5.86. The molecule has 0 amide bonds. The molecule has 2 bridgehead atoms. The summed E-state index contributed by atoms with van der Waals surface area (Å²) in [5, 5.41) is 31.3. The van der Waals surface area contributed by atoms with Crippen molar-refractivity contribution in [3.05, 3.63) is 71.5 Å². The third-order valence-electron chi connectivity index (χ3n) is 8.30. The maximum Gasteiger partial charge on any atom is 0.342 e. The fraction of sp³-hybridized carbons (Fsp3) is 0.250. The van der Waals surface area contributed by atoms with Crippen LogP contribution < -0.4 is 10.9 Å². The van der Waals surface area contributed by atoms with Gasteiger partial charge in [-0.1, -0.05) is 0 Å². The summed E-state index contributed by atoms with van der Waals surface area (Å²) < 4.78 is 16.2. The highest BCUT2D eigenvalue weighted by atomic mass is 16.6. The van der Waals surface area contributed by atoms with E-state index in [4.69, 9.17) is 13.9 Å². The van der Waals surface area contributed by atoms with Gasteiger partial charge in [-0.25, -0.2) is 4.79 Å². The molecular formula is C28H18O11. The number of benzene rings is 3. The summed E-state index contributed by atoms with van der Waals surface area (Å²) in [7, 11) is 0. The molecule has 3 aliphatic rings. The second-order valence-electron chi connectivity index (χ2n) is 10.3. The van der Waals surface area contributed by atoms with Crippen molar-refractivity contribution >= 4 is 39.3 Å². The van der Waals surface area contributed by atoms with Crippen LogP contribution >= 0.6 is 0 Å². The Morgan fingerprint density at radius 2 is 1.62 bits per heavy atom. The molecule has 4 aromatic rings. The predicted molar refractivity (Wildman–Crippen MR) is 132 cm³/mol. The van der Waals surface area contributed by atoms with Gasteiger partial charge in [0.25, 0.3) is 11.9 Å². The zero-order chi connectivity index (χ0) is 27.9. The van der Waals surface area contributed by atoms with Crippen LogP contribution in [-0.2, 0) is 19.7 Å². The maximum absolute atomic E-state index is 14.4. The number of esters is 2. The van der Waals surface area contributed by atoms with E-state index in [0.717, 1.165) is 6.92 Å². The van der Waals surface area contributed by atoms with Crippen LogP contribution in [0, 0.1) is 13.8 Å². The van der Waals surface area contributed by atoms with Crippen LogP contribution in [0.1, 0.15) is 61.4 Å². The van der Waals surface area contributed by atoms with E-state index in [2.05, 4.69) is 0 Å². The number of carbonyl (C=O) groups is 3. The average Bonchev–Trinajstić information content (AvgIpc) is 3.04. The standard InChI is InChI=1S/C28H18O11/c1-7-4-10(30)14-16-12(7)17-18-22(32)13-8(2)5-11(31)15-20(13)28(6-37-25(15)34,24(18)38-9(3)29)21(17)23(33)19(16)27(36)39-26(14)35/h4-5,18,24,31,35-36H,6H2,1-3H3/t18-,24+,28?/m0/s1. The monoisotopic (exact) mass is 530 g/mol. The molecule has 7 rings (SSSR count). The largest absolute Gasteiger partial charge is 0.507 e. The topological polar surface area (TPSA) is 178 Å². The van der Waals surface area contributed by atoms with E-state index in [1.54, 1.807) is 13.8 Å². The molecule has 11 nitrogen and oxygen atoms in total. The number of hydrogen-bond acceptors (Lipinski definition) is 11. The van der Waals surface area contributed by atoms with E-state index in [9.17, 15) is 39.3 Å². The highest BCUT2D eigenvalue weighted by Crippen LogP contribution is 2.62. The molecule has 1 aromatic heterocycles. The summed E-state index contributed by atoms with van der Waals surface area (Å²) in [5.41, 5.74) is -2.78. The van der Waals surface area contributed by atoms with Gasteiger partial charge in [0.1, 0.15) is 34.8 Å². The molecule has 2 aliphatic carbocycles. The number of aromatic hydroxyl groups is 3. The van der Waals surface area contributed by atoms with Crippen molar-refractivity contribution < 1.29 is 43.6 Å². The molecule has 1 aliphatic heterocycles. The Bertz CT molecular complexity index is 2020. The molecule has 0 saturated heterocycles. The van der Waals surface area contributed by atoms with Gasteiger partial charge in [-0.3, -0.25) is 19.2 Å². The Hall–Kier alpha value is -4.93. The minimum atomic E-state index is -1.73. The molecule has 39 heavy (non-hydrogen) atoms. The number of hydrogen-bond donors (Lipinski definition) is 3. The average molecular weight is 530 g/mol. The Morgan fingerprint density at radius 3 is 2.31 bits per heavy atom. The van der Waals surface area contributed by atoms with Crippen LogP contribution in [0.2, 0.25) is 0 Å². The normalized spacial score (nSPS) is 22.6. The van der Waals surface area contributed by atoms with Crippen LogP contribution in [-0.4, -0.2) is 45.8 Å². The summed E-state index contributed by atoms with van der Waals surface area (Å²) >= 11 is 0. The number of fused-ring (bicyclic) bond motifs is 4. The van der Waals surface area contributed by atoms with E-state index < -0.39 is 75.7 Å². The number of cyclic esters (lactones) is 1. The Balaban J connectivity index is 1.81. The number of Topliss-reactive ketones (excluding diaryl/α,β-unsaturated/α-hetero) is 1. The van der Waals surface area contributed by atoms with Gasteiger partial charge < -0.3 is 29.2 Å². The number of rotatable bonds is 1. The first-order valence-electron chi connectivity index (χ1n) is 12.0. The Kier molecular flexibility index (Phi) is 4.12. The number of phenols is 1. The van der Waals surface area contributed by atoms with Crippen LogP contribution in [0.3, 0.4) is 0 Å². The second-order valence-corrected chi connectivity index (χ2v) is 10.3. The van der Waals surface area contributed by atoms with Crippen molar-refractivity contribution in [3.8, 4) is 17.6 Å². The van der Waals surface area contributed by atoms with Crippen molar-refractivity contribution in [1.29, 1.82) is 0 Å². The lowest BCUT2D eigenvalue weighted by atomic mass is 9.63. The fourth-order valence-electron chi connectivity index (χ4n) is 7.10. The third kappa shape index (κ3) is 2.41. The van der Waals surface area contributed by atoms with Crippen LogP contribution in [0.5, 0.6) is 17.6 Å². The number of phenolic OH excluding ortho intramolecular Hbond substituents is 1. The summed E-state index contributed by atoms with van der Waals surface area (Å²) in [6, 6.07) is 2.46. The van der Waals surface area contributed by atoms with Gasteiger partial charge in [0.15, 0.2) is 16.6 Å². The van der Waals surface area contributed by atoms with Crippen molar-refractivity contribution in [3.63, 3.8) is 0 Å². The van der Waals surface area contributed by atoms with Crippen molar-refractivity contribution in [2.75, 3.05) is 6.61 Å². The quantitative estimate of drug-likeness (QED) is 0.307. The molecule has 2 heterocycles. The number of ketones is 1. The number of ether oxygens (including phenoxy) is 2. The molecular weight excluding hydrogens is 512 g/mol. The molecule has 3 aromatic carbocycles. The smallest absolute Gasteiger partial charge is 0.342 e. The second kappa shape index (κ2) is 6.93. The third-order valence-corrected chi connectivity index (χ3v) is 8.30.